The smallest absolute Gasteiger partial charge is 0.242 e. The molecule has 0 bridgehead atoms. The predicted octanol–water partition coefficient (Wildman–Crippen LogP) is 4.77. The van der Waals surface area contributed by atoms with E-state index in [9.17, 15) is 9.59 Å². The highest BCUT2D eigenvalue weighted by Gasteiger charge is 2.30. The van der Waals surface area contributed by atoms with Gasteiger partial charge in [0, 0.05) is 25.9 Å². The summed E-state index contributed by atoms with van der Waals surface area (Å²) in [5.74, 6) is 0.443. The molecule has 1 N–H and O–H groups in total. The molecule has 0 aliphatic heterocycles. The summed E-state index contributed by atoms with van der Waals surface area (Å²) in [6.45, 7) is 2.28. The van der Waals surface area contributed by atoms with Gasteiger partial charge in [-0.15, -0.1) is 0 Å². The average molecular weight is 445 g/mol. The second-order valence-corrected chi connectivity index (χ2v) is 7.99. The summed E-state index contributed by atoms with van der Waals surface area (Å²) in [6.07, 6.45) is 0.806. The molecule has 0 aliphatic rings. The van der Waals surface area contributed by atoms with Crippen molar-refractivity contribution >= 4 is 11.8 Å². The number of carbonyl (C=O) groups excluding carboxylic acids is 2. The molecular weight excluding hydrogens is 412 g/mol. The fraction of sp³-hybridized carbons (Fsp3) is 0.286. The number of hydrogen-bond acceptors (Lipinski definition) is 3. The van der Waals surface area contributed by atoms with Gasteiger partial charge in [0.2, 0.25) is 11.8 Å². The van der Waals surface area contributed by atoms with E-state index in [1.165, 1.54) is 0 Å². The van der Waals surface area contributed by atoms with Crippen molar-refractivity contribution < 1.29 is 14.3 Å². The van der Waals surface area contributed by atoms with Crippen LogP contribution in [0.5, 0.6) is 5.75 Å². The van der Waals surface area contributed by atoms with Crippen molar-refractivity contribution in [3.63, 3.8) is 0 Å². The lowest BCUT2D eigenvalue weighted by Crippen LogP contribution is -2.48. The van der Waals surface area contributed by atoms with E-state index >= 15 is 0 Å². The number of hydrogen-bond donors (Lipinski definition) is 1. The minimum absolute atomic E-state index is 0.0565. The number of nitrogens with zero attached hydrogens (tertiary/aromatic N) is 1. The molecule has 0 heterocycles. The zero-order chi connectivity index (χ0) is 23.6. The fourth-order valence-electron chi connectivity index (χ4n) is 4.10. The maximum atomic E-state index is 13.8. The molecule has 172 valence electrons. The summed E-state index contributed by atoms with van der Waals surface area (Å²) >= 11 is 0. The molecular formula is C28H32N2O3. The second kappa shape index (κ2) is 11.9. The molecule has 0 saturated carbocycles. The summed E-state index contributed by atoms with van der Waals surface area (Å²) in [5, 5.41) is 2.72. The highest BCUT2D eigenvalue weighted by Crippen LogP contribution is 2.29. The third-order valence-electron chi connectivity index (χ3n) is 5.93. The zero-order valence-corrected chi connectivity index (χ0v) is 19.5. The van der Waals surface area contributed by atoms with Crippen molar-refractivity contribution in [2.45, 2.75) is 38.3 Å². The van der Waals surface area contributed by atoms with E-state index in [0.29, 0.717) is 13.0 Å². The van der Waals surface area contributed by atoms with Crippen molar-refractivity contribution in [3.05, 3.63) is 102 Å². The Morgan fingerprint density at radius 3 is 1.88 bits per heavy atom. The SMILES string of the molecule is CC[C@@H](C(=O)NC)N(Cc1ccc(OC)cc1)C(=O)CC(c1ccccc1)c1ccccc1. The Morgan fingerprint density at radius 1 is 0.879 bits per heavy atom. The van der Waals surface area contributed by atoms with E-state index in [1.54, 1.807) is 19.1 Å². The first-order chi connectivity index (χ1) is 16.1. The lowest BCUT2D eigenvalue weighted by molar-refractivity contribution is -0.141. The number of rotatable bonds is 10. The van der Waals surface area contributed by atoms with Crippen LogP contribution >= 0.6 is 0 Å². The normalized spacial score (nSPS) is 11.6. The molecule has 0 unspecified atom stereocenters. The minimum atomic E-state index is -0.545. The summed E-state index contributed by atoms with van der Waals surface area (Å²) in [5.41, 5.74) is 3.10. The van der Waals surface area contributed by atoms with Crippen LogP contribution in [0.15, 0.2) is 84.9 Å². The van der Waals surface area contributed by atoms with Crippen LogP contribution in [0.2, 0.25) is 0 Å². The van der Waals surface area contributed by atoms with Crippen LogP contribution in [0, 0.1) is 0 Å². The highest BCUT2D eigenvalue weighted by atomic mass is 16.5. The number of carbonyl (C=O) groups is 2. The fourth-order valence-corrected chi connectivity index (χ4v) is 4.10. The largest absolute Gasteiger partial charge is 0.497 e. The van der Waals surface area contributed by atoms with Crippen LogP contribution in [0.3, 0.4) is 0 Å². The van der Waals surface area contributed by atoms with Crippen molar-refractivity contribution in [2.24, 2.45) is 0 Å². The molecule has 3 aromatic carbocycles. The number of likely N-dealkylation sites (N-methyl/N-ethyl adjacent to an activating group) is 1. The van der Waals surface area contributed by atoms with Gasteiger partial charge in [0.15, 0.2) is 0 Å². The van der Waals surface area contributed by atoms with Gasteiger partial charge in [-0.25, -0.2) is 0 Å². The van der Waals surface area contributed by atoms with E-state index in [4.69, 9.17) is 4.74 Å². The van der Waals surface area contributed by atoms with Crippen LogP contribution in [0.4, 0.5) is 0 Å². The number of ether oxygens (including phenoxy) is 1. The molecule has 0 radical (unpaired) electrons. The molecule has 0 saturated heterocycles. The lowest BCUT2D eigenvalue weighted by atomic mass is 9.88. The van der Waals surface area contributed by atoms with Crippen LogP contribution in [-0.2, 0) is 16.1 Å². The van der Waals surface area contributed by atoms with Crippen molar-refractivity contribution in [1.82, 2.24) is 10.2 Å². The maximum Gasteiger partial charge on any atom is 0.242 e. The molecule has 0 fully saturated rings. The summed E-state index contributed by atoms with van der Waals surface area (Å²) in [4.78, 5) is 28.2. The third kappa shape index (κ3) is 6.22. The van der Waals surface area contributed by atoms with Crippen LogP contribution in [0.25, 0.3) is 0 Å². The molecule has 33 heavy (non-hydrogen) atoms. The highest BCUT2D eigenvalue weighted by molar-refractivity contribution is 5.88. The van der Waals surface area contributed by atoms with Crippen LogP contribution in [0.1, 0.15) is 42.4 Å². The van der Waals surface area contributed by atoms with Crippen molar-refractivity contribution in [1.29, 1.82) is 0 Å². The standard InChI is InChI=1S/C28H32N2O3/c1-4-26(28(32)29-2)30(20-21-15-17-24(33-3)18-16-21)27(31)19-25(22-11-7-5-8-12-22)23-13-9-6-10-14-23/h5-18,25-26H,4,19-20H2,1-3H3,(H,29,32)/t26-/m0/s1. The third-order valence-corrected chi connectivity index (χ3v) is 5.93. The Morgan fingerprint density at radius 2 is 1.42 bits per heavy atom. The van der Waals surface area contributed by atoms with Gasteiger partial charge in [-0.1, -0.05) is 79.7 Å². The van der Waals surface area contributed by atoms with Gasteiger partial charge in [-0.3, -0.25) is 9.59 Å². The van der Waals surface area contributed by atoms with Gasteiger partial charge in [0.25, 0.3) is 0 Å². The van der Waals surface area contributed by atoms with Crippen molar-refractivity contribution in [3.8, 4) is 5.75 Å². The van der Waals surface area contributed by atoms with Crippen molar-refractivity contribution in [2.75, 3.05) is 14.2 Å². The maximum absolute atomic E-state index is 13.8. The van der Waals surface area contributed by atoms with Gasteiger partial charge in [-0.2, -0.15) is 0 Å². The number of benzene rings is 3. The first kappa shape index (κ1) is 24.1. The Bertz CT molecular complexity index is 981. The van der Waals surface area contributed by atoms with Crippen LogP contribution in [-0.4, -0.2) is 36.9 Å². The van der Waals surface area contributed by atoms with E-state index in [-0.39, 0.29) is 24.2 Å². The quantitative estimate of drug-likeness (QED) is 0.490. The van der Waals surface area contributed by atoms with E-state index in [2.05, 4.69) is 29.6 Å². The monoisotopic (exact) mass is 444 g/mol. The first-order valence-corrected chi connectivity index (χ1v) is 11.3. The first-order valence-electron chi connectivity index (χ1n) is 11.3. The Kier molecular flexibility index (Phi) is 8.64. The Balaban J connectivity index is 1.93. The molecule has 0 aromatic heterocycles. The summed E-state index contributed by atoms with van der Waals surface area (Å²) in [6, 6.07) is 27.2. The number of amides is 2. The molecule has 5 nitrogen and oxygen atoms in total. The summed E-state index contributed by atoms with van der Waals surface area (Å²) in [7, 11) is 3.23. The molecule has 2 amide bonds. The molecule has 0 spiro atoms. The molecule has 5 heteroatoms. The number of methoxy groups -OCH3 is 1. The van der Waals surface area contributed by atoms with Gasteiger partial charge < -0.3 is 15.0 Å². The molecule has 3 aromatic rings. The van der Waals surface area contributed by atoms with Gasteiger partial charge >= 0.3 is 0 Å². The molecule has 0 aliphatic carbocycles. The average Bonchev–Trinajstić information content (AvgIpc) is 2.88. The zero-order valence-electron chi connectivity index (χ0n) is 19.5. The Labute approximate surface area is 196 Å². The van der Waals surface area contributed by atoms with Gasteiger partial charge in [-0.05, 0) is 35.2 Å². The van der Waals surface area contributed by atoms with E-state index in [0.717, 1.165) is 22.4 Å². The predicted molar refractivity (Wildman–Crippen MR) is 131 cm³/mol. The number of nitrogens with one attached hydrogen (secondary N) is 1. The molecule has 3 rings (SSSR count). The topological polar surface area (TPSA) is 58.6 Å². The lowest BCUT2D eigenvalue weighted by Gasteiger charge is -2.32. The summed E-state index contributed by atoms with van der Waals surface area (Å²) < 4.78 is 5.25. The molecule has 1 atom stereocenters. The second-order valence-electron chi connectivity index (χ2n) is 7.99. The van der Waals surface area contributed by atoms with Gasteiger partial charge in [0.1, 0.15) is 11.8 Å². The van der Waals surface area contributed by atoms with E-state index < -0.39 is 6.04 Å². The minimum Gasteiger partial charge on any atom is -0.497 e. The van der Waals surface area contributed by atoms with Gasteiger partial charge in [0.05, 0.1) is 7.11 Å². The van der Waals surface area contributed by atoms with E-state index in [1.807, 2.05) is 67.6 Å². The Hall–Kier alpha value is -3.60. The van der Waals surface area contributed by atoms with Crippen LogP contribution < -0.4 is 10.1 Å².